The molecule has 0 aliphatic carbocycles. The molecule has 0 spiro atoms. The number of ether oxygens (including phenoxy) is 2. The third-order valence-electron chi connectivity index (χ3n) is 3.59. The van der Waals surface area contributed by atoms with Gasteiger partial charge in [0.1, 0.15) is 0 Å². The van der Waals surface area contributed by atoms with Crippen molar-refractivity contribution in [3.63, 3.8) is 0 Å². The Balaban J connectivity index is 2.55. The fourth-order valence-electron chi connectivity index (χ4n) is 2.50. The van der Waals surface area contributed by atoms with E-state index in [-0.39, 0.29) is 6.04 Å². The highest BCUT2D eigenvalue weighted by Crippen LogP contribution is 2.36. The maximum atomic E-state index is 6.34. The van der Waals surface area contributed by atoms with Crippen LogP contribution in [0.15, 0.2) is 36.4 Å². The van der Waals surface area contributed by atoms with Gasteiger partial charge in [0.25, 0.3) is 0 Å². The van der Waals surface area contributed by atoms with Crippen molar-refractivity contribution in [1.82, 2.24) is 5.32 Å². The maximum Gasteiger partial charge on any atom is 0.161 e. The number of hydrogen-bond acceptors (Lipinski definition) is 3. The van der Waals surface area contributed by atoms with Crippen molar-refractivity contribution >= 4 is 11.6 Å². The third-order valence-corrected chi connectivity index (χ3v) is 3.93. The van der Waals surface area contributed by atoms with Gasteiger partial charge in [-0.25, -0.2) is 0 Å². The molecule has 2 aromatic carbocycles. The van der Waals surface area contributed by atoms with E-state index in [0.29, 0.717) is 5.75 Å². The van der Waals surface area contributed by atoms with Gasteiger partial charge in [0.2, 0.25) is 0 Å². The van der Waals surface area contributed by atoms with Crippen LogP contribution in [0.5, 0.6) is 11.5 Å². The molecule has 0 heterocycles. The van der Waals surface area contributed by atoms with Gasteiger partial charge in [-0.1, -0.05) is 29.8 Å². The van der Waals surface area contributed by atoms with E-state index in [2.05, 4.69) is 12.2 Å². The summed E-state index contributed by atoms with van der Waals surface area (Å²) in [5.74, 6) is 1.44. The lowest BCUT2D eigenvalue weighted by Gasteiger charge is -2.22. The smallest absolute Gasteiger partial charge is 0.161 e. The van der Waals surface area contributed by atoms with Gasteiger partial charge in [-0.15, -0.1) is 0 Å². The Morgan fingerprint density at radius 3 is 2.19 bits per heavy atom. The predicted molar refractivity (Wildman–Crippen MR) is 86.6 cm³/mol. The minimum absolute atomic E-state index is 0.00138. The van der Waals surface area contributed by atoms with Crippen molar-refractivity contribution in [3.05, 3.63) is 58.1 Å². The molecule has 2 rings (SSSR count). The van der Waals surface area contributed by atoms with E-state index in [1.54, 1.807) is 14.2 Å². The first kappa shape index (κ1) is 15.7. The molecule has 0 aliphatic rings. The van der Waals surface area contributed by atoms with Crippen LogP contribution in [0.1, 0.15) is 22.7 Å². The molecule has 0 amide bonds. The second kappa shape index (κ2) is 6.83. The zero-order chi connectivity index (χ0) is 15.4. The Morgan fingerprint density at radius 1 is 1.00 bits per heavy atom. The summed E-state index contributed by atoms with van der Waals surface area (Å²) in [5.41, 5.74) is 3.27. The predicted octanol–water partition coefficient (Wildman–Crippen LogP) is 3.97. The van der Waals surface area contributed by atoms with Gasteiger partial charge in [-0.2, -0.15) is 0 Å². The van der Waals surface area contributed by atoms with E-state index in [1.807, 2.05) is 43.4 Å². The van der Waals surface area contributed by atoms with Crippen molar-refractivity contribution in [3.8, 4) is 11.5 Å². The second-order valence-electron chi connectivity index (χ2n) is 4.81. The molecule has 0 radical (unpaired) electrons. The minimum atomic E-state index is -0.00138. The maximum absolute atomic E-state index is 6.34. The van der Waals surface area contributed by atoms with Crippen LogP contribution in [0.25, 0.3) is 0 Å². The number of hydrogen-bond donors (Lipinski definition) is 1. The standard InChI is InChI=1S/C17H20ClNO2/c1-11-9-15(20-3)16(21-4)10-13(11)17(19-2)12-7-5-6-8-14(12)18/h5-10,17,19H,1-4H3. The molecule has 0 fully saturated rings. The summed E-state index contributed by atoms with van der Waals surface area (Å²) in [4.78, 5) is 0. The number of rotatable bonds is 5. The molecule has 0 bridgehead atoms. The van der Waals surface area contributed by atoms with Crippen molar-refractivity contribution in [2.45, 2.75) is 13.0 Å². The molecule has 1 N–H and O–H groups in total. The van der Waals surface area contributed by atoms with Gasteiger partial charge in [0.15, 0.2) is 11.5 Å². The molecule has 0 saturated heterocycles. The average molecular weight is 306 g/mol. The quantitative estimate of drug-likeness (QED) is 0.906. The molecule has 1 unspecified atom stereocenters. The Labute approximate surface area is 130 Å². The van der Waals surface area contributed by atoms with Crippen LogP contribution in [-0.4, -0.2) is 21.3 Å². The molecule has 0 aromatic heterocycles. The lowest BCUT2D eigenvalue weighted by atomic mass is 9.94. The van der Waals surface area contributed by atoms with Crippen molar-refractivity contribution in [2.24, 2.45) is 0 Å². The Kier molecular flexibility index (Phi) is 5.10. The van der Waals surface area contributed by atoms with Gasteiger partial charge in [-0.05, 0) is 48.9 Å². The van der Waals surface area contributed by atoms with Crippen LogP contribution in [0.3, 0.4) is 0 Å². The Hall–Kier alpha value is -1.71. The average Bonchev–Trinajstić information content (AvgIpc) is 2.50. The molecule has 21 heavy (non-hydrogen) atoms. The topological polar surface area (TPSA) is 30.5 Å². The summed E-state index contributed by atoms with van der Waals surface area (Å²) < 4.78 is 10.8. The molecule has 0 saturated carbocycles. The van der Waals surface area contributed by atoms with Crippen LogP contribution in [0.2, 0.25) is 5.02 Å². The summed E-state index contributed by atoms with van der Waals surface area (Å²) in [6, 6.07) is 11.8. The van der Waals surface area contributed by atoms with Crippen LogP contribution < -0.4 is 14.8 Å². The highest BCUT2D eigenvalue weighted by atomic mass is 35.5. The monoisotopic (exact) mass is 305 g/mol. The fourth-order valence-corrected chi connectivity index (χ4v) is 2.74. The van der Waals surface area contributed by atoms with Crippen molar-refractivity contribution in [2.75, 3.05) is 21.3 Å². The highest BCUT2D eigenvalue weighted by Gasteiger charge is 2.19. The summed E-state index contributed by atoms with van der Waals surface area (Å²) in [6.07, 6.45) is 0. The Bertz CT molecular complexity index is 628. The molecular weight excluding hydrogens is 286 g/mol. The van der Waals surface area contributed by atoms with Crippen molar-refractivity contribution < 1.29 is 9.47 Å². The first-order chi connectivity index (χ1) is 10.1. The highest BCUT2D eigenvalue weighted by molar-refractivity contribution is 6.31. The summed E-state index contributed by atoms with van der Waals surface area (Å²) in [5, 5.41) is 4.07. The first-order valence-corrected chi connectivity index (χ1v) is 7.14. The van der Waals surface area contributed by atoms with Crippen LogP contribution in [0.4, 0.5) is 0 Å². The van der Waals surface area contributed by atoms with E-state index in [0.717, 1.165) is 27.5 Å². The van der Waals surface area contributed by atoms with Gasteiger partial charge >= 0.3 is 0 Å². The lowest BCUT2D eigenvalue weighted by Crippen LogP contribution is -2.19. The molecule has 4 heteroatoms. The third kappa shape index (κ3) is 3.14. The van der Waals surface area contributed by atoms with Gasteiger partial charge < -0.3 is 14.8 Å². The van der Waals surface area contributed by atoms with Gasteiger partial charge in [0, 0.05) is 5.02 Å². The molecular formula is C17H20ClNO2. The lowest BCUT2D eigenvalue weighted by molar-refractivity contribution is 0.354. The minimum Gasteiger partial charge on any atom is -0.493 e. The largest absolute Gasteiger partial charge is 0.493 e. The van der Waals surface area contributed by atoms with Crippen LogP contribution in [-0.2, 0) is 0 Å². The molecule has 1 atom stereocenters. The fraction of sp³-hybridized carbons (Fsp3) is 0.294. The zero-order valence-corrected chi connectivity index (χ0v) is 13.5. The van der Waals surface area contributed by atoms with Crippen molar-refractivity contribution in [1.29, 1.82) is 0 Å². The summed E-state index contributed by atoms with van der Waals surface area (Å²) >= 11 is 6.34. The van der Waals surface area contributed by atoms with Gasteiger partial charge in [0.05, 0.1) is 20.3 Å². The molecule has 112 valence electrons. The summed E-state index contributed by atoms with van der Waals surface area (Å²) in [7, 11) is 5.20. The molecule has 3 nitrogen and oxygen atoms in total. The van der Waals surface area contributed by atoms with Crippen LogP contribution >= 0.6 is 11.6 Å². The number of halogens is 1. The van der Waals surface area contributed by atoms with Gasteiger partial charge in [-0.3, -0.25) is 0 Å². The number of methoxy groups -OCH3 is 2. The zero-order valence-electron chi connectivity index (χ0n) is 12.7. The van der Waals surface area contributed by atoms with E-state index in [9.17, 15) is 0 Å². The van der Waals surface area contributed by atoms with E-state index in [1.165, 1.54) is 0 Å². The first-order valence-electron chi connectivity index (χ1n) is 6.76. The van der Waals surface area contributed by atoms with Crippen LogP contribution in [0, 0.1) is 6.92 Å². The number of nitrogens with one attached hydrogen (secondary N) is 1. The normalized spacial score (nSPS) is 12.0. The SMILES string of the molecule is CNC(c1cc(OC)c(OC)cc1C)c1ccccc1Cl. The number of benzene rings is 2. The van der Waals surface area contributed by atoms with E-state index >= 15 is 0 Å². The van der Waals surface area contributed by atoms with E-state index < -0.39 is 0 Å². The second-order valence-corrected chi connectivity index (χ2v) is 5.21. The molecule has 2 aromatic rings. The Morgan fingerprint density at radius 2 is 1.62 bits per heavy atom. The molecule has 0 aliphatic heterocycles. The van der Waals surface area contributed by atoms with E-state index in [4.69, 9.17) is 21.1 Å². The number of aryl methyl sites for hydroxylation is 1. The summed E-state index contributed by atoms with van der Waals surface area (Å²) in [6.45, 7) is 2.05.